The van der Waals surface area contributed by atoms with Crippen LogP contribution in [0.2, 0.25) is 0 Å². The number of aromatic amines is 1. The third kappa shape index (κ3) is 3.32. The number of piperidine rings is 1. The molecule has 0 unspecified atom stereocenters. The highest BCUT2D eigenvalue weighted by Crippen LogP contribution is 2.39. The van der Waals surface area contributed by atoms with Gasteiger partial charge >= 0.3 is 6.18 Å². The van der Waals surface area contributed by atoms with Gasteiger partial charge in [0.15, 0.2) is 5.65 Å². The maximum Gasteiger partial charge on any atom is 0.416 e. The van der Waals surface area contributed by atoms with Gasteiger partial charge in [-0.15, -0.1) is 0 Å². The lowest BCUT2D eigenvalue weighted by atomic mass is 10.0. The fourth-order valence-corrected chi connectivity index (χ4v) is 3.89. The predicted molar refractivity (Wildman–Crippen MR) is 100.0 cm³/mol. The van der Waals surface area contributed by atoms with Crippen LogP contribution in [0.5, 0.6) is 5.75 Å². The number of fused-ring (bicyclic) bond motifs is 1. The second-order valence-corrected chi connectivity index (χ2v) is 7.37. The summed E-state index contributed by atoms with van der Waals surface area (Å²) in [5.74, 6) is 0.400. The highest BCUT2D eigenvalue weighted by Gasteiger charge is 2.32. The molecule has 1 aliphatic rings. The average Bonchev–Trinajstić information content (AvgIpc) is 3.04. The molecule has 0 saturated carbocycles. The van der Waals surface area contributed by atoms with Gasteiger partial charge in [-0.2, -0.15) is 13.2 Å². The highest BCUT2D eigenvalue weighted by atomic mass is 19.4. The van der Waals surface area contributed by atoms with Crippen molar-refractivity contribution in [3.05, 3.63) is 41.2 Å². The van der Waals surface area contributed by atoms with Crippen LogP contribution in [0.4, 0.5) is 13.2 Å². The van der Waals surface area contributed by atoms with Crippen LogP contribution in [0.15, 0.2) is 24.3 Å². The van der Waals surface area contributed by atoms with Gasteiger partial charge in [-0.25, -0.2) is 9.97 Å². The van der Waals surface area contributed by atoms with E-state index in [9.17, 15) is 18.3 Å². The summed E-state index contributed by atoms with van der Waals surface area (Å²) >= 11 is 0. The van der Waals surface area contributed by atoms with Crippen LogP contribution in [-0.4, -0.2) is 38.6 Å². The fourth-order valence-electron chi connectivity index (χ4n) is 3.89. The topological polar surface area (TPSA) is 65.0 Å². The van der Waals surface area contributed by atoms with E-state index in [1.165, 1.54) is 13.3 Å². The van der Waals surface area contributed by atoms with E-state index in [0.717, 1.165) is 42.9 Å². The van der Waals surface area contributed by atoms with Gasteiger partial charge in [-0.05, 0) is 63.2 Å². The standard InChI is InChI=1S/C20H21F3N4O/c1-11-9-12(20(21,22)23)10-16(28)17(11)13-6-7-14-18(24-13)26-19(25-14)15-5-3-4-8-27(15)2/h6-7,9-10,15,28H,3-5,8H2,1-2H3,(H,24,25,26)/t15-/m1/s1. The number of phenols is 1. The Morgan fingerprint density at radius 1 is 1.18 bits per heavy atom. The first-order chi connectivity index (χ1) is 13.2. The summed E-state index contributed by atoms with van der Waals surface area (Å²) in [6.07, 6.45) is -1.19. The zero-order valence-corrected chi connectivity index (χ0v) is 15.6. The minimum absolute atomic E-state index is 0.201. The summed E-state index contributed by atoms with van der Waals surface area (Å²) in [5, 5.41) is 10.2. The molecular formula is C20H21F3N4O. The van der Waals surface area contributed by atoms with E-state index in [1.807, 2.05) is 0 Å². The number of benzene rings is 1. The third-order valence-corrected chi connectivity index (χ3v) is 5.35. The summed E-state index contributed by atoms with van der Waals surface area (Å²) < 4.78 is 38.9. The van der Waals surface area contributed by atoms with Gasteiger partial charge < -0.3 is 10.1 Å². The van der Waals surface area contributed by atoms with Crippen molar-refractivity contribution in [1.82, 2.24) is 19.9 Å². The Morgan fingerprint density at radius 3 is 2.64 bits per heavy atom. The molecule has 1 aliphatic heterocycles. The smallest absolute Gasteiger partial charge is 0.416 e. The zero-order chi connectivity index (χ0) is 20.1. The Kier molecular flexibility index (Phi) is 4.53. The average molecular weight is 390 g/mol. The number of phenolic OH excluding ortho intramolecular Hbond substituents is 1. The van der Waals surface area contributed by atoms with Crippen LogP contribution in [0.3, 0.4) is 0 Å². The number of nitrogens with one attached hydrogen (secondary N) is 1. The maximum atomic E-state index is 13.0. The van der Waals surface area contributed by atoms with Crippen LogP contribution in [0.1, 0.15) is 42.3 Å². The van der Waals surface area contributed by atoms with Crippen LogP contribution >= 0.6 is 0 Å². The number of aromatic hydroxyl groups is 1. The minimum atomic E-state index is -4.51. The van der Waals surface area contributed by atoms with Crippen LogP contribution < -0.4 is 0 Å². The molecule has 28 heavy (non-hydrogen) atoms. The maximum absolute atomic E-state index is 13.0. The molecule has 2 aromatic heterocycles. The number of halogens is 3. The number of rotatable bonds is 2. The van der Waals surface area contributed by atoms with Gasteiger partial charge in [0.1, 0.15) is 11.6 Å². The van der Waals surface area contributed by atoms with Crippen molar-refractivity contribution in [2.75, 3.05) is 13.6 Å². The van der Waals surface area contributed by atoms with Crippen molar-refractivity contribution >= 4 is 11.2 Å². The number of aromatic nitrogens is 3. The summed E-state index contributed by atoms with van der Waals surface area (Å²) in [6, 6.07) is 5.44. The Bertz CT molecular complexity index is 1000. The molecule has 148 valence electrons. The fraction of sp³-hybridized carbons (Fsp3) is 0.400. The van der Waals surface area contributed by atoms with E-state index >= 15 is 0 Å². The molecule has 0 bridgehead atoms. The third-order valence-electron chi connectivity index (χ3n) is 5.35. The van der Waals surface area contributed by atoms with Crippen molar-refractivity contribution in [2.45, 2.75) is 38.4 Å². The number of alkyl halides is 3. The van der Waals surface area contributed by atoms with Gasteiger partial charge in [0, 0.05) is 5.56 Å². The molecule has 3 aromatic rings. The van der Waals surface area contributed by atoms with E-state index in [1.54, 1.807) is 12.1 Å². The molecule has 1 atom stereocenters. The molecule has 2 N–H and O–H groups in total. The number of aryl methyl sites for hydroxylation is 1. The normalized spacial score (nSPS) is 18.7. The summed E-state index contributed by atoms with van der Waals surface area (Å²) in [6.45, 7) is 2.54. The monoisotopic (exact) mass is 390 g/mol. The Morgan fingerprint density at radius 2 is 1.96 bits per heavy atom. The number of H-pyrrole nitrogens is 1. The first-order valence-corrected chi connectivity index (χ1v) is 9.22. The van der Waals surface area contributed by atoms with Crippen LogP contribution in [0.25, 0.3) is 22.4 Å². The van der Waals surface area contributed by atoms with E-state index in [4.69, 9.17) is 0 Å². The molecule has 8 heteroatoms. The van der Waals surface area contributed by atoms with Crippen molar-refractivity contribution in [3.8, 4) is 17.0 Å². The Labute approximate surface area is 160 Å². The molecule has 1 aromatic carbocycles. The zero-order valence-electron chi connectivity index (χ0n) is 15.6. The predicted octanol–water partition coefficient (Wildman–Crippen LogP) is 4.81. The molecule has 1 fully saturated rings. The van der Waals surface area contributed by atoms with E-state index in [-0.39, 0.29) is 11.6 Å². The molecule has 0 spiro atoms. The van der Waals surface area contributed by atoms with Gasteiger partial charge in [0.25, 0.3) is 0 Å². The summed E-state index contributed by atoms with van der Waals surface area (Å²) in [4.78, 5) is 14.7. The molecule has 4 rings (SSSR count). The molecular weight excluding hydrogens is 369 g/mol. The summed E-state index contributed by atoms with van der Waals surface area (Å²) in [5.41, 5.74) is 1.36. The first kappa shape index (κ1) is 18.7. The first-order valence-electron chi connectivity index (χ1n) is 9.22. The molecule has 3 heterocycles. The van der Waals surface area contributed by atoms with Crippen LogP contribution in [-0.2, 0) is 6.18 Å². The molecule has 0 radical (unpaired) electrons. The van der Waals surface area contributed by atoms with Gasteiger partial charge in [0.05, 0.1) is 22.8 Å². The number of hydrogen-bond donors (Lipinski definition) is 2. The highest BCUT2D eigenvalue weighted by molar-refractivity contribution is 5.79. The number of likely N-dealkylation sites (tertiary alicyclic amines) is 1. The second kappa shape index (κ2) is 6.77. The van der Waals surface area contributed by atoms with Crippen molar-refractivity contribution < 1.29 is 18.3 Å². The van der Waals surface area contributed by atoms with Gasteiger partial charge in [-0.1, -0.05) is 6.42 Å². The van der Waals surface area contributed by atoms with Gasteiger partial charge in [0.2, 0.25) is 0 Å². The summed E-state index contributed by atoms with van der Waals surface area (Å²) in [7, 11) is 2.07. The lowest BCUT2D eigenvalue weighted by molar-refractivity contribution is -0.137. The largest absolute Gasteiger partial charge is 0.507 e. The SMILES string of the molecule is Cc1cc(C(F)(F)F)cc(O)c1-c1ccc2[nH]c([C@H]3CCCCN3C)nc2n1. The number of nitrogens with zero attached hydrogens (tertiary/aromatic N) is 3. The molecule has 1 saturated heterocycles. The Balaban J connectivity index is 1.74. The quantitative estimate of drug-likeness (QED) is 0.659. The Hall–Kier alpha value is -2.61. The lowest BCUT2D eigenvalue weighted by Crippen LogP contribution is -2.30. The number of imidazole rings is 1. The minimum Gasteiger partial charge on any atom is -0.507 e. The van der Waals surface area contributed by atoms with Crippen molar-refractivity contribution in [3.63, 3.8) is 0 Å². The number of pyridine rings is 1. The molecule has 5 nitrogen and oxygen atoms in total. The van der Waals surface area contributed by atoms with Crippen molar-refractivity contribution in [1.29, 1.82) is 0 Å². The lowest BCUT2D eigenvalue weighted by Gasteiger charge is -2.30. The molecule has 0 amide bonds. The molecule has 0 aliphatic carbocycles. The van der Waals surface area contributed by atoms with E-state index in [0.29, 0.717) is 16.9 Å². The second-order valence-electron chi connectivity index (χ2n) is 7.37. The van der Waals surface area contributed by atoms with E-state index < -0.39 is 17.5 Å². The number of hydrogen-bond acceptors (Lipinski definition) is 4. The van der Waals surface area contributed by atoms with E-state index in [2.05, 4.69) is 26.9 Å². The van der Waals surface area contributed by atoms with Gasteiger partial charge in [-0.3, -0.25) is 4.90 Å². The van der Waals surface area contributed by atoms with Crippen LogP contribution in [0, 0.1) is 6.92 Å². The van der Waals surface area contributed by atoms with Crippen molar-refractivity contribution in [2.24, 2.45) is 0 Å².